The van der Waals surface area contributed by atoms with Crippen molar-refractivity contribution in [2.45, 2.75) is 5.88 Å². The first-order valence-corrected chi connectivity index (χ1v) is 6.30. The number of ether oxygens (including phenoxy) is 2. The van der Waals surface area contributed by atoms with Gasteiger partial charge in [-0.3, -0.25) is 0 Å². The molecule has 0 heterocycles. The van der Waals surface area contributed by atoms with Crippen molar-refractivity contribution in [3.05, 3.63) is 53.3 Å². The molecule has 0 N–H and O–H groups in total. The Labute approximate surface area is 121 Å². The number of methoxy groups -OCH3 is 1. The fourth-order valence-corrected chi connectivity index (χ4v) is 1.86. The first kappa shape index (κ1) is 14.2. The zero-order valence-electron chi connectivity index (χ0n) is 10.7. The summed E-state index contributed by atoms with van der Waals surface area (Å²) in [6.07, 6.45) is 0. The maximum atomic E-state index is 13.4. The van der Waals surface area contributed by atoms with Gasteiger partial charge in [-0.15, -0.1) is 11.6 Å². The molecule has 0 aromatic heterocycles. The smallest absolute Gasteiger partial charge is 0.132 e. The van der Waals surface area contributed by atoms with E-state index in [-0.39, 0.29) is 5.88 Å². The molecule has 2 aromatic carbocycles. The number of hydrogen-bond acceptors (Lipinski definition) is 3. The van der Waals surface area contributed by atoms with E-state index in [1.54, 1.807) is 24.3 Å². The van der Waals surface area contributed by atoms with Gasteiger partial charge in [-0.25, -0.2) is 4.39 Å². The van der Waals surface area contributed by atoms with Crippen molar-refractivity contribution in [3.8, 4) is 23.3 Å². The van der Waals surface area contributed by atoms with Gasteiger partial charge in [0.1, 0.15) is 23.1 Å². The standard InChI is InChI=1S/C15H11ClFNO2/c1-19-13-4-11(9-18)5-15(7-13)20-14-3-10(8-16)2-12(17)6-14/h2-7H,8H2,1H3. The third kappa shape index (κ3) is 3.40. The van der Waals surface area contributed by atoms with E-state index in [0.29, 0.717) is 28.4 Å². The van der Waals surface area contributed by atoms with Gasteiger partial charge in [0.15, 0.2) is 0 Å². The van der Waals surface area contributed by atoms with Gasteiger partial charge in [0.05, 0.1) is 18.7 Å². The summed E-state index contributed by atoms with van der Waals surface area (Å²) in [7, 11) is 1.49. The van der Waals surface area contributed by atoms with Gasteiger partial charge in [-0.2, -0.15) is 5.26 Å². The number of halogens is 2. The predicted molar refractivity (Wildman–Crippen MR) is 73.7 cm³/mol. The number of nitriles is 1. The molecule has 0 radical (unpaired) electrons. The molecule has 0 aliphatic heterocycles. The van der Waals surface area contributed by atoms with Crippen LogP contribution in [0.4, 0.5) is 4.39 Å². The highest BCUT2D eigenvalue weighted by atomic mass is 35.5. The monoisotopic (exact) mass is 291 g/mol. The van der Waals surface area contributed by atoms with Crippen LogP contribution in [-0.4, -0.2) is 7.11 Å². The largest absolute Gasteiger partial charge is 0.497 e. The lowest BCUT2D eigenvalue weighted by Crippen LogP contribution is -1.91. The van der Waals surface area contributed by atoms with Gasteiger partial charge in [0.25, 0.3) is 0 Å². The normalized spacial score (nSPS) is 9.90. The average Bonchev–Trinajstić information content (AvgIpc) is 2.46. The van der Waals surface area contributed by atoms with Crippen LogP contribution in [0.3, 0.4) is 0 Å². The second-order valence-electron chi connectivity index (χ2n) is 4.04. The van der Waals surface area contributed by atoms with E-state index in [2.05, 4.69) is 0 Å². The molecule has 0 spiro atoms. The quantitative estimate of drug-likeness (QED) is 0.791. The van der Waals surface area contributed by atoms with Crippen LogP contribution in [0.5, 0.6) is 17.2 Å². The highest BCUT2D eigenvalue weighted by molar-refractivity contribution is 6.17. The maximum absolute atomic E-state index is 13.4. The van der Waals surface area contributed by atoms with Crippen LogP contribution in [-0.2, 0) is 5.88 Å². The Morgan fingerprint density at radius 2 is 1.80 bits per heavy atom. The molecule has 20 heavy (non-hydrogen) atoms. The summed E-state index contributed by atoms with van der Waals surface area (Å²) in [5.41, 5.74) is 1.01. The van der Waals surface area contributed by atoms with E-state index in [1.807, 2.05) is 6.07 Å². The Kier molecular flexibility index (Phi) is 4.44. The summed E-state index contributed by atoms with van der Waals surface area (Å²) >= 11 is 5.68. The van der Waals surface area contributed by atoms with Gasteiger partial charge in [0, 0.05) is 18.0 Å². The summed E-state index contributed by atoms with van der Waals surface area (Å²) in [4.78, 5) is 0. The number of hydrogen-bond donors (Lipinski definition) is 0. The van der Waals surface area contributed by atoms with Crippen molar-refractivity contribution in [2.75, 3.05) is 7.11 Å². The Morgan fingerprint density at radius 3 is 2.45 bits per heavy atom. The van der Waals surface area contributed by atoms with Gasteiger partial charge >= 0.3 is 0 Å². The molecule has 0 amide bonds. The van der Waals surface area contributed by atoms with Crippen molar-refractivity contribution in [1.29, 1.82) is 5.26 Å². The van der Waals surface area contributed by atoms with Gasteiger partial charge in [0.2, 0.25) is 0 Å². The Bertz CT molecular complexity index is 667. The average molecular weight is 292 g/mol. The number of nitrogens with zero attached hydrogens (tertiary/aromatic N) is 1. The Morgan fingerprint density at radius 1 is 1.10 bits per heavy atom. The lowest BCUT2D eigenvalue weighted by Gasteiger charge is -2.09. The van der Waals surface area contributed by atoms with E-state index in [4.69, 9.17) is 26.3 Å². The molecule has 0 aliphatic carbocycles. The molecule has 3 nitrogen and oxygen atoms in total. The third-order valence-corrected chi connectivity index (χ3v) is 2.87. The summed E-state index contributed by atoms with van der Waals surface area (Å²) in [5, 5.41) is 8.94. The molecule has 102 valence electrons. The number of rotatable bonds is 4. The summed E-state index contributed by atoms with van der Waals surface area (Å²) in [5.74, 6) is 0.967. The minimum Gasteiger partial charge on any atom is -0.497 e. The van der Waals surface area contributed by atoms with Crippen LogP contribution in [0.1, 0.15) is 11.1 Å². The molecule has 2 aromatic rings. The summed E-state index contributed by atoms with van der Waals surface area (Å²) in [6, 6.07) is 11.0. The van der Waals surface area contributed by atoms with Crippen LogP contribution in [0.15, 0.2) is 36.4 Å². The van der Waals surface area contributed by atoms with Crippen LogP contribution in [0, 0.1) is 17.1 Å². The van der Waals surface area contributed by atoms with E-state index in [9.17, 15) is 4.39 Å². The summed E-state index contributed by atoms with van der Waals surface area (Å²) < 4.78 is 24.0. The fourth-order valence-electron chi connectivity index (χ4n) is 1.71. The highest BCUT2D eigenvalue weighted by Gasteiger charge is 2.06. The molecular formula is C15H11ClFNO2. The fraction of sp³-hybridized carbons (Fsp3) is 0.133. The molecular weight excluding hydrogens is 281 g/mol. The van der Waals surface area contributed by atoms with Crippen LogP contribution >= 0.6 is 11.6 Å². The minimum absolute atomic E-state index is 0.190. The lowest BCUT2D eigenvalue weighted by molar-refractivity contribution is 0.408. The number of alkyl halides is 1. The second-order valence-corrected chi connectivity index (χ2v) is 4.31. The van der Waals surface area contributed by atoms with Crippen molar-refractivity contribution < 1.29 is 13.9 Å². The zero-order chi connectivity index (χ0) is 14.5. The van der Waals surface area contributed by atoms with Gasteiger partial charge < -0.3 is 9.47 Å². The van der Waals surface area contributed by atoms with Crippen LogP contribution in [0.25, 0.3) is 0 Å². The Hall–Kier alpha value is -2.25. The summed E-state index contributed by atoms with van der Waals surface area (Å²) in [6.45, 7) is 0. The molecule has 2 rings (SSSR count). The zero-order valence-corrected chi connectivity index (χ0v) is 11.4. The lowest BCUT2D eigenvalue weighted by atomic mass is 10.2. The molecule has 5 heteroatoms. The second kappa shape index (κ2) is 6.27. The molecule has 0 unspecified atom stereocenters. The van der Waals surface area contributed by atoms with Crippen molar-refractivity contribution in [2.24, 2.45) is 0 Å². The van der Waals surface area contributed by atoms with E-state index in [1.165, 1.54) is 19.2 Å². The minimum atomic E-state index is -0.429. The maximum Gasteiger partial charge on any atom is 0.132 e. The van der Waals surface area contributed by atoms with Crippen molar-refractivity contribution in [1.82, 2.24) is 0 Å². The van der Waals surface area contributed by atoms with Crippen molar-refractivity contribution >= 4 is 11.6 Å². The first-order chi connectivity index (χ1) is 9.64. The molecule has 0 saturated carbocycles. The first-order valence-electron chi connectivity index (χ1n) is 5.77. The van der Waals surface area contributed by atoms with Crippen LogP contribution < -0.4 is 9.47 Å². The number of benzene rings is 2. The SMILES string of the molecule is COc1cc(C#N)cc(Oc2cc(F)cc(CCl)c2)c1. The molecule has 0 bridgehead atoms. The molecule has 0 fully saturated rings. The van der Waals surface area contributed by atoms with Gasteiger partial charge in [-0.05, 0) is 29.8 Å². The van der Waals surface area contributed by atoms with E-state index in [0.717, 1.165) is 0 Å². The third-order valence-electron chi connectivity index (χ3n) is 2.57. The van der Waals surface area contributed by atoms with Crippen LogP contribution in [0.2, 0.25) is 0 Å². The van der Waals surface area contributed by atoms with Crippen molar-refractivity contribution in [3.63, 3.8) is 0 Å². The molecule has 0 saturated heterocycles. The molecule has 0 aliphatic rings. The highest BCUT2D eigenvalue weighted by Crippen LogP contribution is 2.28. The van der Waals surface area contributed by atoms with Gasteiger partial charge in [-0.1, -0.05) is 0 Å². The van der Waals surface area contributed by atoms with E-state index < -0.39 is 5.82 Å². The Balaban J connectivity index is 2.34. The molecule has 0 atom stereocenters. The van der Waals surface area contributed by atoms with E-state index >= 15 is 0 Å². The topological polar surface area (TPSA) is 42.2 Å². The predicted octanol–water partition coefficient (Wildman–Crippen LogP) is 4.24.